The van der Waals surface area contributed by atoms with Crippen molar-refractivity contribution in [3.8, 4) is 0 Å². The molecule has 1 saturated carbocycles. The van der Waals surface area contributed by atoms with E-state index in [0.717, 1.165) is 11.8 Å². The van der Waals surface area contributed by atoms with Gasteiger partial charge in [-0.3, -0.25) is 0 Å². The fourth-order valence-corrected chi connectivity index (χ4v) is 3.41. The van der Waals surface area contributed by atoms with Crippen LogP contribution in [-0.4, -0.2) is 0 Å². The van der Waals surface area contributed by atoms with Gasteiger partial charge in [0.25, 0.3) is 0 Å². The normalized spacial score (nSPS) is 25.1. The maximum Gasteiger partial charge on any atom is -0.0129 e. The fraction of sp³-hybridized carbons (Fsp3) is 0.667. The smallest absolute Gasteiger partial charge is 0.0129 e. The van der Waals surface area contributed by atoms with E-state index < -0.39 is 0 Å². The van der Waals surface area contributed by atoms with Crippen molar-refractivity contribution < 1.29 is 0 Å². The van der Waals surface area contributed by atoms with E-state index in [1.54, 1.807) is 11.1 Å². The second kappa shape index (κ2) is 5.47. The molecule has 1 aliphatic carbocycles. The Bertz CT molecular complexity index is 383. The van der Waals surface area contributed by atoms with Crippen LogP contribution < -0.4 is 0 Å². The molecule has 1 aromatic carbocycles. The second-order valence-electron chi connectivity index (χ2n) is 7.13. The molecule has 0 amide bonds. The standard InChI is InChI=1S/C18H28/c1-14-9-5-6-10-15(14)13-16-11-7-8-12-17(16)18(2,3)4/h7-8,11-12,14-15H,5-6,9-10,13H2,1-4H3/t14-,15?/m0/s1. The summed E-state index contributed by atoms with van der Waals surface area (Å²) in [5.41, 5.74) is 3.40. The van der Waals surface area contributed by atoms with Crippen LogP contribution in [0.3, 0.4) is 0 Å². The average Bonchev–Trinajstić information content (AvgIpc) is 2.31. The first kappa shape index (κ1) is 13.6. The SMILES string of the molecule is C[C@H]1CCCCC1Cc1ccccc1C(C)(C)C. The van der Waals surface area contributed by atoms with Crippen LogP contribution in [0.1, 0.15) is 64.5 Å². The third-order valence-electron chi connectivity index (χ3n) is 4.60. The molecule has 100 valence electrons. The predicted octanol–water partition coefficient (Wildman–Crippen LogP) is 5.35. The number of hydrogen-bond acceptors (Lipinski definition) is 0. The second-order valence-corrected chi connectivity index (χ2v) is 7.13. The fourth-order valence-electron chi connectivity index (χ4n) is 3.41. The molecule has 1 aromatic rings. The Labute approximate surface area is 113 Å². The van der Waals surface area contributed by atoms with Crippen molar-refractivity contribution in [1.82, 2.24) is 0 Å². The Morgan fingerprint density at radius 1 is 1.06 bits per heavy atom. The Morgan fingerprint density at radius 2 is 1.72 bits per heavy atom. The highest BCUT2D eigenvalue weighted by atomic mass is 14.3. The first-order valence-corrected chi connectivity index (χ1v) is 7.57. The van der Waals surface area contributed by atoms with Crippen LogP contribution in [0.2, 0.25) is 0 Å². The van der Waals surface area contributed by atoms with Crippen LogP contribution in [0, 0.1) is 11.8 Å². The summed E-state index contributed by atoms with van der Waals surface area (Å²) >= 11 is 0. The predicted molar refractivity (Wildman–Crippen MR) is 80.0 cm³/mol. The summed E-state index contributed by atoms with van der Waals surface area (Å²) in [5.74, 6) is 1.81. The van der Waals surface area contributed by atoms with E-state index in [1.165, 1.54) is 32.1 Å². The highest BCUT2D eigenvalue weighted by Crippen LogP contribution is 2.34. The third kappa shape index (κ3) is 3.16. The number of rotatable bonds is 2. The lowest BCUT2D eigenvalue weighted by Gasteiger charge is -2.31. The van der Waals surface area contributed by atoms with Crippen LogP contribution in [-0.2, 0) is 11.8 Å². The lowest BCUT2D eigenvalue weighted by Crippen LogP contribution is -2.21. The topological polar surface area (TPSA) is 0 Å². The summed E-state index contributed by atoms with van der Waals surface area (Å²) in [6.45, 7) is 9.44. The van der Waals surface area contributed by atoms with Crippen molar-refractivity contribution in [3.05, 3.63) is 35.4 Å². The zero-order valence-electron chi connectivity index (χ0n) is 12.5. The van der Waals surface area contributed by atoms with Crippen molar-refractivity contribution in [1.29, 1.82) is 0 Å². The highest BCUT2D eigenvalue weighted by molar-refractivity contribution is 5.33. The monoisotopic (exact) mass is 244 g/mol. The summed E-state index contributed by atoms with van der Waals surface area (Å²) in [7, 11) is 0. The van der Waals surface area contributed by atoms with Crippen molar-refractivity contribution in [2.45, 2.75) is 65.2 Å². The van der Waals surface area contributed by atoms with Crippen LogP contribution >= 0.6 is 0 Å². The molecule has 2 atom stereocenters. The van der Waals surface area contributed by atoms with Gasteiger partial charge < -0.3 is 0 Å². The Balaban J connectivity index is 2.18. The molecule has 0 saturated heterocycles. The minimum atomic E-state index is 0.272. The van der Waals surface area contributed by atoms with Gasteiger partial charge in [-0.15, -0.1) is 0 Å². The molecule has 2 rings (SSSR count). The molecule has 18 heavy (non-hydrogen) atoms. The highest BCUT2D eigenvalue weighted by Gasteiger charge is 2.24. The third-order valence-corrected chi connectivity index (χ3v) is 4.60. The number of benzene rings is 1. The molecule has 0 heterocycles. The molecule has 1 unspecified atom stereocenters. The first-order valence-electron chi connectivity index (χ1n) is 7.57. The van der Waals surface area contributed by atoms with E-state index in [2.05, 4.69) is 52.0 Å². The maximum atomic E-state index is 2.45. The zero-order valence-corrected chi connectivity index (χ0v) is 12.5. The minimum Gasteiger partial charge on any atom is -0.0622 e. The van der Waals surface area contributed by atoms with Gasteiger partial charge in [0.15, 0.2) is 0 Å². The van der Waals surface area contributed by atoms with Crippen molar-refractivity contribution in [2.24, 2.45) is 11.8 Å². The lowest BCUT2D eigenvalue weighted by molar-refractivity contribution is 0.254. The van der Waals surface area contributed by atoms with E-state index in [-0.39, 0.29) is 5.41 Å². The molecule has 1 fully saturated rings. The van der Waals surface area contributed by atoms with Gasteiger partial charge in [-0.05, 0) is 41.2 Å². The summed E-state index contributed by atoms with van der Waals surface area (Å²) in [4.78, 5) is 0. The molecule has 0 aromatic heterocycles. The van der Waals surface area contributed by atoms with Crippen molar-refractivity contribution in [2.75, 3.05) is 0 Å². The molecule has 1 aliphatic rings. The Morgan fingerprint density at radius 3 is 2.39 bits per heavy atom. The Hall–Kier alpha value is -0.780. The van der Waals surface area contributed by atoms with Crippen molar-refractivity contribution >= 4 is 0 Å². The maximum absolute atomic E-state index is 2.45. The summed E-state index contributed by atoms with van der Waals surface area (Å²) in [6.07, 6.45) is 7.03. The van der Waals surface area contributed by atoms with Crippen LogP contribution in [0.4, 0.5) is 0 Å². The quantitative estimate of drug-likeness (QED) is 0.657. The summed E-state index contributed by atoms with van der Waals surface area (Å²) in [5, 5.41) is 0. The van der Waals surface area contributed by atoms with Gasteiger partial charge in [0, 0.05) is 0 Å². The number of hydrogen-bond donors (Lipinski definition) is 0. The van der Waals surface area contributed by atoms with Gasteiger partial charge in [0.05, 0.1) is 0 Å². The van der Waals surface area contributed by atoms with E-state index >= 15 is 0 Å². The van der Waals surface area contributed by atoms with Crippen LogP contribution in [0.15, 0.2) is 24.3 Å². The summed E-state index contributed by atoms with van der Waals surface area (Å²) in [6, 6.07) is 9.07. The van der Waals surface area contributed by atoms with E-state index in [0.29, 0.717) is 0 Å². The van der Waals surface area contributed by atoms with Gasteiger partial charge in [0.2, 0.25) is 0 Å². The first-order chi connectivity index (χ1) is 8.48. The van der Waals surface area contributed by atoms with Gasteiger partial charge in [-0.1, -0.05) is 71.2 Å². The van der Waals surface area contributed by atoms with E-state index in [1.807, 2.05) is 0 Å². The molecule has 0 bridgehead atoms. The molecular weight excluding hydrogens is 216 g/mol. The van der Waals surface area contributed by atoms with Crippen molar-refractivity contribution in [3.63, 3.8) is 0 Å². The zero-order chi connectivity index (χ0) is 13.2. The van der Waals surface area contributed by atoms with E-state index in [9.17, 15) is 0 Å². The molecule has 0 nitrogen and oxygen atoms in total. The largest absolute Gasteiger partial charge is 0.0622 e. The van der Waals surface area contributed by atoms with Gasteiger partial charge in [0.1, 0.15) is 0 Å². The minimum absolute atomic E-state index is 0.272. The average molecular weight is 244 g/mol. The van der Waals surface area contributed by atoms with Gasteiger partial charge in [-0.25, -0.2) is 0 Å². The van der Waals surface area contributed by atoms with Crippen LogP contribution in [0.25, 0.3) is 0 Å². The molecule has 0 radical (unpaired) electrons. The molecule has 0 spiro atoms. The Kier molecular flexibility index (Phi) is 4.14. The molecule has 0 heteroatoms. The van der Waals surface area contributed by atoms with E-state index in [4.69, 9.17) is 0 Å². The summed E-state index contributed by atoms with van der Waals surface area (Å²) < 4.78 is 0. The lowest BCUT2D eigenvalue weighted by atomic mass is 9.74. The molecule has 0 N–H and O–H groups in total. The molecular formula is C18H28. The van der Waals surface area contributed by atoms with Crippen LogP contribution in [0.5, 0.6) is 0 Å². The van der Waals surface area contributed by atoms with Gasteiger partial charge >= 0.3 is 0 Å². The van der Waals surface area contributed by atoms with Gasteiger partial charge in [-0.2, -0.15) is 0 Å². The molecule has 0 aliphatic heterocycles.